The first-order valence-electron chi connectivity index (χ1n) is 7.81. The number of halogens is 1. The van der Waals surface area contributed by atoms with E-state index in [1.165, 1.54) is 24.3 Å². The van der Waals surface area contributed by atoms with Crippen LogP contribution in [0.2, 0.25) is 0 Å². The zero-order chi connectivity index (χ0) is 18.1. The van der Waals surface area contributed by atoms with E-state index in [-0.39, 0.29) is 12.5 Å². The highest BCUT2D eigenvalue weighted by Crippen LogP contribution is 2.12. The summed E-state index contributed by atoms with van der Waals surface area (Å²) in [5, 5.41) is 5.58. The molecule has 0 aliphatic carbocycles. The average Bonchev–Trinajstić information content (AvgIpc) is 2.59. The van der Waals surface area contributed by atoms with Crippen LogP contribution in [0.3, 0.4) is 0 Å². The normalized spacial score (nSPS) is 10.5. The van der Waals surface area contributed by atoms with Crippen LogP contribution in [0, 0.1) is 5.82 Å². The first-order chi connectivity index (χ1) is 12.1. The van der Waals surface area contributed by atoms with Crippen molar-refractivity contribution in [3.63, 3.8) is 0 Å². The van der Waals surface area contributed by atoms with Gasteiger partial charge in [-0.05, 0) is 48.9 Å². The third-order valence-electron chi connectivity index (χ3n) is 3.17. The van der Waals surface area contributed by atoms with Gasteiger partial charge in [-0.1, -0.05) is 18.2 Å². The molecule has 0 atom stereocenters. The minimum absolute atomic E-state index is 0.0501. The number of nitrogens with one attached hydrogen (secondary N) is 2. The van der Waals surface area contributed by atoms with Crippen LogP contribution in [-0.2, 0) is 14.3 Å². The molecule has 0 heterocycles. The lowest BCUT2D eigenvalue weighted by Gasteiger charge is -2.08. The maximum absolute atomic E-state index is 13.1. The summed E-state index contributed by atoms with van der Waals surface area (Å²) in [6.07, 6.45) is 3.01. The number of hydrogen-bond acceptors (Lipinski definition) is 4. The van der Waals surface area contributed by atoms with Crippen LogP contribution in [0.25, 0.3) is 6.08 Å². The molecule has 6 heteroatoms. The summed E-state index contributed by atoms with van der Waals surface area (Å²) in [4.78, 5) is 23.1. The van der Waals surface area contributed by atoms with E-state index >= 15 is 0 Å². The van der Waals surface area contributed by atoms with Crippen molar-refractivity contribution in [3.8, 4) is 0 Å². The number of rotatable bonds is 7. The number of carbonyl (C=O) groups excluding carboxylic acids is 2. The lowest BCUT2D eigenvalue weighted by Crippen LogP contribution is -2.21. The van der Waals surface area contributed by atoms with Gasteiger partial charge in [-0.15, -0.1) is 0 Å². The Hall–Kier alpha value is -3.15. The van der Waals surface area contributed by atoms with Gasteiger partial charge in [0.15, 0.2) is 0 Å². The SMILES string of the molecule is CCOC(=O)/C=C/c1ccc(NCC(=O)Nc2cccc(F)c2)cc1. The zero-order valence-corrected chi connectivity index (χ0v) is 13.8. The van der Waals surface area contributed by atoms with Crippen LogP contribution >= 0.6 is 0 Å². The molecule has 5 nitrogen and oxygen atoms in total. The number of carbonyl (C=O) groups is 2. The molecule has 0 aliphatic heterocycles. The van der Waals surface area contributed by atoms with Crippen LogP contribution < -0.4 is 10.6 Å². The van der Waals surface area contributed by atoms with Gasteiger partial charge in [0.25, 0.3) is 0 Å². The average molecular weight is 342 g/mol. The van der Waals surface area contributed by atoms with E-state index in [1.807, 2.05) is 12.1 Å². The van der Waals surface area contributed by atoms with Crippen LogP contribution in [0.1, 0.15) is 12.5 Å². The number of anilines is 2. The highest BCUT2D eigenvalue weighted by molar-refractivity contribution is 5.93. The summed E-state index contributed by atoms with van der Waals surface area (Å²) < 4.78 is 17.9. The molecule has 0 spiro atoms. The van der Waals surface area contributed by atoms with Gasteiger partial charge in [-0.25, -0.2) is 9.18 Å². The lowest BCUT2D eigenvalue weighted by molar-refractivity contribution is -0.137. The van der Waals surface area contributed by atoms with Crippen molar-refractivity contribution in [2.75, 3.05) is 23.8 Å². The molecule has 0 radical (unpaired) electrons. The third-order valence-corrected chi connectivity index (χ3v) is 3.17. The second-order valence-electron chi connectivity index (χ2n) is 5.12. The van der Waals surface area contributed by atoms with E-state index in [0.717, 1.165) is 11.3 Å². The van der Waals surface area contributed by atoms with E-state index in [2.05, 4.69) is 10.6 Å². The van der Waals surface area contributed by atoms with Gasteiger partial charge < -0.3 is 15.4 Å². The Kier molecular flexibility index (Phi) is 6.71. The molecule has 25 heavy (non-hydrogen) atoms. The number of ether oxygens (including phenoxy) is 1. The molecule has 2 aromatic rings. The van der Waals surface area contributed by atoms with Crippen LogP contribution in [0.15, 0.2) is 54.6 Å². The first-order valence-corrected chi connectivity index (χ1v) is 7.81. The standard InChI is InChI=1S/C19H19FN2O3/c1-2-25-19(24)11-8-14-6-9-16(10-7-14)21-13-18(23)22-17-5-3-4-15(20)12-17/h3-12,21H,2,13H2,1H3,(H,22,23)/b11-8+. The lowest BCUT2D eigenvalue weighted by atomic mass is 10.2. The molecule has 0 aromatic heterocycles. The Morgan fingerprint density at radius 1 is 1.12 bits per heavy atom. The highest BCUT2D eigenvalue weighted by Gasteiger charge is 2.03. The summed E-state index contributed by atoms with van der Waals surface area (Å²) in [5.74, 6) is -1.08. The van der Waals surface area contributed by atoms with Crippen LogP contribution in [0.5, 0.6) is 0 Å². The van der Waals surface area contributed by atoms with Crippen molar-refractivity contribution in [1.82, 2.24) is 0 Å². The second kappa shape index (κ2) is 9.22. The molecule has 0 aliphatic rings. The van der Waals surface area contributed by atoms with Gasteiger partial charge >= 0.3 is 5.97 Å². The summed E-state index contributed by atoms with van der Waals surface area (Å²) in [7, 11) is 0. The molecule has 0 saturated heterocycles. The number of esters is 1. The fourth-order valence-corrected chi connectivity index (χ4v) is 2.02. The molecule has 2 rings (SSSR count). The van der Waals surface area contributed by atoms with Crippen LogP contribution in [0.4, 0.5) is 15.8 Å². The molecular formula is C19H19FN2O3. The zero-order valence-electron chi connectivity index (χ0n) is 13.8. The van der Waals surface area contributed by atoms with E-state index in [4.69, 9.17) is 4.74 Å². The topological polar surface area (TPSA) is 67.4 Å². The summed E-state index contributed by atoms with van der Waals surface area (Å²) in [6, 6.07) is 12.9. The maximum Gasteiger partial charge on any atom is 0.330 e. The van der Waals surface area contributed by atoms with Crippen LogP contribution in [-0.4, -0.2) is 25.0 Å². The van der Waals surface area contributed by atoms with Gasteiger partial charge in [0.05, 0.1) is 13.2 Å². The van der Waals surface area contributed by atoms with Crippen molar-refractivity contribution in [1.29, 1.82) is 0 Å². The molecule has 0 unspecified atom stereocenters. The predicted molar refractivity (Wildman–Crippen MR) is 95.6 cm³/mol. The number of hydrogen-bond donors (Lipinski definition) is 2. The van der Waals surface area contributed by atoms with E-state index < -0.39 is 11.8 Å². The van der Waals surface area contributed by atoms with Gasteiger partial charge in [-0.3, -0.25) is 4.79 Å². The molecule has 0 saturated carbocycles. The van der Waals surface area contributed by atoms with E-state index in [9.17, 15) is 14.0 Å². The largest absolute Gasteiger partial charge is 0.463 e. The Balaban J connectivity index is 1.82. The van der Waals surface area contributed by atoms with Gasteiger partial charge in [-0.2, -0.15) is 0 Å². The number of amides is 1. The summed E-state index contributed by atoms with van der Waals surface area (Å²) in [6.45, 7) is 2.13. The Morgan fingerprint density at radius 3 is 2.56 bits per heavy atom. The first kappa shape index (κ1) is 18.2. The fraction of sp³-hybridized carbons (Fsp3) is 0.158. The van der Waals surface area contributed by atoms with Crippen molar-refractivity contribution >= 4 is 29.3 Å². The Labute approximate surface area is 145 Å². The predicted octanol–water partition coefficient (Wildman–Crippen LogP) is 3.45. The highest BCUT2D eigenvalue weighted by atomic mass is 19.1. The maximum atomic E-state index is 13.1. The van der Waals surface area contributed by atoms with Crippen molar-refractivity contribution in [2.24, 2.45) is 0 Å². The smallest absolute Gasteiger partial charge is 0.330 e. The van der Waals surface area contributed by atoms with E-state index in [0.29, 0.717) is 12.3 Å². The molecule has 0 bridgehead atoms. The van der Waals surface area contributed by atoms with Gasteiger partial charge in [0, 0.05) is 17.5 Å². The molecular weight excluding hydrogens is 323 g/mol. The fourth-order valence-electron chi connectivity index (χ4n) is 2.02. The minimum atomic E-state index is -0.405. The summed E-state index contributed by atoms with van der Waals surface area (Å²) >= 11 is 0. The second-order valence-corrected chi connectivity index (χ2v) is 5.12. The number of benzene rings is 2. The Bertz CT molecular complexity index is 758. The molecule has 2 N–H and O–H groups in total. The molecule has 130 valence electrons. The molecule has 0 fully saturated rings. The minimum Gasteiger partial charge on any atom is -0.463 e. The van der Waals surface area contributed by atoms with Gasteiger partial charge in [0.2, 0.25) is 5.91 Å². The molecule has 2 aromatic carbocycles. The quantitative estimate of drug-likeness (QED) is 0.597. The van der Waals surface area contributed by atoms with Crippen molar-refractivity contribution < 1.29 is 18.7 Å². The third kappa shape index (κ3) is 6.47. The summed E-state index contributed by atoms with van der Waals surface area (Å²) in [5.41, 5.74) is 2.00. The van der Waals surface area contributed by atoms with E-state index in [1.54, 1.807) is 31.2 Å². The Morgan fingerprint density at radius 2 is 1.88 bits per heavy atom. The van der Waals surface area contributed by atoms with Gasteiger partial charge in [0.1, 0.15) is 5.82 Å². The molecule has 1 amide bonds. The monoisotopic (exact) mass is 342 g/mol. The van der Waals surface area contributed by atoms with Crippen molar-refractivity contribution in [2.45, 2.75) is 6.92 Å². The van der Waals surface area contributed by atoms with Crippen molar-refractivity contribution in [3.05, 3.63) is 66.0 Å².